The van der Waals surface area contributed by atoms with E-state index in [9.17, 15) is 10.2 Å². The van der Waals surface area contributed by atoms with Crippen molar-refractivity contribution in [3.63, 3.8) is 0 Å². The van der Waals surface area contributed by atoms with Crippen molar-refractivity contribution in [2.45, 2.75) is 0 Å². The van der Waals surface area contributed by atoms with Gasteiger partial charge in [-0.15, -0.1) is 0 Å². The van der Waals surface area contributed by atoms with Crippen molar-refractivity contribution in [2.24, 2.45) is 0 Å². The van der Waals surface area contributed by atoms with Gasteiger partial charge in [0.15, 0.2) is 0 Å². The van der Waals surface area contributed by atoms with Gasteiger partial charge in [-0.05, 0) is 68.1 Å². The van der Waals surface area contributed by atoms with E-state index in [1.54, 1.807) is 24.3 Å². The third-order valence-electron chi connectivity index (χ3n) is 5.57. The fourth-order valence-electron chi connectivity index (χ4n) is 4.15. The molecule has 146 valence electrons. The number of aromatic hydroxyl groups is 2. The number of hydrogen-bond donors (Lipinski definition) is 4. The Morgan fingerprint density at radius 2 is 0.800 bits per heavy atom. The Kier molecular flexibility index (Phi) is 4.00. The monoisotopic (exact) mass is 392 g/mol. The van der Waals surface area contributed by atoms with Crippen molar-refractivity contribution < 1.29 is 10.2 Å². The second kappa shape index (κ2) is 6.71. The average molecular weight is 392 g/mol. The first-order valence-corrected chi connectivity index (χ1v) is 9.66. The molecule has 0 fully saturated rings. The number of anilines is 2. The first-order chi connectivity index (χ1) is 14.5. The number of nitrogen functional groups attached to an aromatic ring is 2. The zero-order valence-corrected chi connectivity index (χ0v) is 16.1. The lowest BCUT2D eigenvalue weighted by Crippen LogP contribution is -1.92. The third kappa shape index (κ3) is 2.70. The van der Waals surface area contributed by atoms with Crippen LogP contribution >= 0.6 is 0 Å². The molecule has 0 aliphatic rings. The van der Waals surface area contributed by atoms with E-state index in [0.717, 1.165) is 43.8 Å². The quantitative estimate of drug-likeness (QED) is 0.171. The summed E-state index contributed by atoms with van der Waals surface area (Å²) in [4.78, 5) is 0. The number of rotatable bonds is 2. The third-order valence-corrected chi connectivity index (χ3v) is 5.57. The van der Waals surface area contributed by atoms with E-state index in [1.165, 1.54) is 0 Å². The van der Waals surface area contributed by atoms with Crippen LogP contribution in [0, 0.1) is 0 Å². The predicted octanol–water partition coefficient (Wildman–Crippen LogP) is 5.90. The van der Waals surface area contributed by atoms with E-state index in [2.05, 4.69) is 24.3 Å². The van der Waals surface area contributed by atoms with Gasteiger partial charge in [-0.2, -0.15) is 0 Å². The van der Waals surface area contributed by atoms with Crippen LogP contribution in [-0.2, 0) is 0 Å². The summed E-state index contributed by atoms with van der Waals surface area (Å²) in [5.74, 6) is 0.126. The first kappa shape index (κ1) is 17.9. The molecule has 0 unspecified atom stereocenters. The largest absolute Gasteiger partial charge is 0.506 e. The molecule has 30 heavy (non-hydrogen) atoms. The van der Waals surface area contributed by atoms with Gasteiger partial charge in [-0.1, -0.05) is 60.7 Å². The van der Waals surface area contributed by atoms with E-state index >= 15 is 0 Å². The molecule has 0 atom stereocenters. The zero-order valence-electron chi connectivity index (χ0n) is 16.1. The highest BCUT2D eigenvalue weighted by Crippen LogP contribution is 2.45. The minimum absolute atomic E-state index is 0.0631. The van der Waals surface area contributed by atoms with E-state index in [-0.39, 0.29) is 11.5 Å². The van der Waals surface area contributed by atoms with Crippen molar-refractivity contribution in [3.05, 3.63) is 84.9 Å². The summed E-state index contributed by atoms with van der Waals surface area (Å²) in [6, 6.07) is 27.0. The van der Waals surface area contributed by atoms with Crippen LogP contribution in [0.1, 0.15) is 0 Å². The SMILES string of the molecule is Nc1ccc(-c2c3ccccc3c(-c3ccc(N)c(O)c3)c3ccccc23)cc1O. The molecule has 0 spiro atoms. The Bertz CT molecular complexity index is 1270. The van der Waals surface area contributed by atoms with Gasteiger partial charge in [0.25, 0.3) is 0 Å². The highest BCUT2D eigenvalue weighted by Gasteiger charge is 2.17. The van der Waals surface area contributed by atoms with E-state index in [4.69, 9.17) is 11.5 Å². The highest BCUT2D eigenvalue weighted by molar-refractivity contribution is 6.21. The fourth-order valence-corrected chi connectivity index (χ4v) is 4.15. The maximum Gasteiger partial charge on any atom is 0.139 e. The molecule has 0 aliphatic carbocycles. The van der Waals surface area contributed by atoms with Crippen LogP contribution in [0.15, 0.2) is 84.9 Å². The lowest BCUT2D eigenvalue weighted by Gasteiger charge is -2.18. The van der Waals surface area contributed by atoms with Gasteiger partial charge < -0.3 is 21.7 Å². The number of phenols is 2. The molecule has 0 bridgehead atoms. The topological polar surface area (TPSA) is 92.5 Å². The molecule has 5 rings (SSSR count). The number of phenolic OH excluding ortho intramolecular Hbond substituents is 2. The molecule has 0 aliphatic heterocycles. The number of benzene rings is 5. The summed E-state index contributed by atoms with van der Waals surface area (Å²) in [7, 11) is 0. The predicted molar refractivity (Wildman–Crippen MR) is 124 cm³/mol. The summed E-state index contributed by atoms with van der Waals surface area (Å²) in [6.07, 6.45) is 0. The van der Waals surface area contributed by atoms with Gasteiger partial charge in [0.2, 0.25) is 0 Å². The minimum atomic E-state index is 0.0631. The molecule has 5 aromatic carbocycles. The number of fused-ring (bicyclic) bond motifs is 2. The van der Waals surface area contributed by atoms with Crippen molar-refractivity contribution in [1.82, 2.24) is 0 Å². The Hall–Kier alpha value is -4.18. The first-order valence-electron chi connectivity index (χ1n) is 9.66. The highest BCUT2D eigenvalue weighted by atomic mass is 16.3. The van der Waals surface area contributed by atoms with E-state index < -0.39 is 0 Å². The van der Waals surface area contributed by atoms with Crippen LogP contribution in [0.4, 0.5) is 11.4 Å². The Balaban J connectivity index is 1.96. The van der Waals surface area contributed by atoms with Gasteiger partial charge in [0, 0.05) is 0 Å². The molecule has 0 saturated heterocycles. The minimum Gasteiger partial charge on any atom is -0.506 e. The Labute approximate surface area is 173 Å². The van der Waals surface area contributed by atoms with Gasteiger partial charge in [-0.3, -0.25) is 0 Å². The van der Waals surface area contributed by atoms with Crippen molar-refractivity contribution >= 4 is 32.9 Å². The Morgan fingerprint density at radius 3 is 1.10 bits per heavy atom. The van der Waals surface area contributed by atoms with Crippen LogP contribution < -0.4 is 11.5 Å². The fraction of sp³-hybridized carbons (Fsp3) is 0. The van der Waals surface area contributed by atoms with Crippen LogP contribution in [0.5, 0.6) is 11.5 Å². The molecule has 0 radical (unpaired) electrons. The summed E-state index contributed by atoms with van der Waals surface area (Å²) in [5, 5.41) is 24.7. The van der Waals surface area contributed by atoms with Gasteiger partial charge >= 0.3 is 0 Å². The summed E-state index contributed by atoms with van der Waals surface area (Å²) >= 11 is 0. The lowest BCUT2D eigenvalue weighted by molar-refractivity contribution is 0.477. The molecule has 4 nitrogen and oxygen atoms in total. The lowest BCUT2D eigenvalue weighted by atomic mass is 9.86. The van der Waals surface area contributed by atoms with Crippen LogP contribution in [0.2, 0.25) is 0 Å². The van der Waals surface area contributed by atoms with Crippen LogP contribution in [0.3, 0.4) is 0 Å². The van der Waals surface area contributed by atoms with Crippen LogP contribution in [0.25, 0.3) is 43.8 Å². The standard InChI is InChI=1S/C26H20N2O2/c27-21-11-9-15(13-23(21)29)25-17-5-1-2-6-18(17)26(20-8-4-3-7-19(20)25)16-10-12-22(28)24(30)14-16/h1-14,29-30H,27-28H2. The molecule has 6 N–H and O–H groups in total. The van der Waals surface area contributed by atoms with E-state index in [1.807, 2.05) is 36.4 Å². The second-order valence-electron chi connectivity index (χ2n) is 7.39. The van der Waals surface area contributed by atoms with Crippen molar-refractivity contribution in [3.8, 4) is 33.8 Å². The normalized spacial score (nSPS) is 11.2. The van der Waals surface area contributed by atoms with Gasteiger partial charge in [-0.25, -0.2) is 0 Å². The number of hydrogen-bond acceptors (Lipinski definition) is 4. The summed E-state index contributed by atoms with van der Waals surface area (Å²) < 4.78 is 0. The van der Waals surface area contributed by atoms with E-state index in [0.29, 0.717) is 11.4 Å². The summed E-state index contributed by atoms with van der Waals surface area (Å²) in [5.41, 5.74) is 16.2. The Morgan fingerprint density at radius 1 is 0.467 bits per heavy atom. The van der Waals surface area contributed by atoms with Crippen molar-refractivity contribution in [2.75, 3.05) is 11.5 Å². The second-order valence-corrected chi connectivity index (χ2v) is 7.39. The molecular weight excluding hydrogens is 372 g/mol. The van der Waals surface area contributed by atoms with Gasteiger partial charge in [0.05, 0.1) is 11.4 Å². The molecule has 4 heteroatoms. The van der Waals surface area contributed by atoms with Crippen molar-refractivity contribution in [1.29, 1.82) is 0 Å². The molecular formula is C26H20N2O2. The molecule has 5 aromatic rings. The zero-order chi connectivity index (χ0) is 20.8. The summed E-state index contributed by atoms with van der Waals surface area (Å²) in [6.45, 7) is 0. The molecule has 0 amide bonds. The average Bonchev–Trinajstić information content (AvgIpc) is 2.76. The molecule has 0 heterocycles. The smallest absolute Gasteiger partial charge is 0.139 e. The van der Waals surface area contributed by atoms with Gasteiger partial charge in [0.1, 0.15) is 11.5 Å². The maximum atomic E-state index is 10.2. The number of nitrogens with two attached hydrogens (primary N) is 2. The molecule has 0 saturated carbocycles. The van der Waals surface area contributed by atoms with Crippen LogP contribution in [-0.4, -0.2) is 10.2 Å². The molecule has 0 aromatic heterocycles. The maximum absolute atomic E-state index is 10.2.